The summed E-state index contributed by atoms with van der Waals surface area (Å²) in [5.41, 5.74) is 1.74. The zero-order chi connectivity index (χ0) is 22.3. The van der Waals surface area contributed by atoms with Gasteiger partial charge in [-0.1, -0.05) is 36.0 Å². The Morgan fingerprint density at radius 2 is 1.78 bits per heavy atom. The predicted molar refractivity (Wildman–Crippen MR) is 117 cm³/mol. The summed E-state index contributed by atoms with van der Waals surface area (Å²) in [6.07, 6.45) is 0. The third-order valence-electron chi connectivity index (χ3n) is 5.37. The Morgan fingerprint density at radius 1 is 1.06 bits per heavy atom. The molecule has 166 valence electrons. The summed E-state index contributed by atoms with van der Waals surface area (Å²) in [5.74, 6) is -0.127. The van der Waals surface area contributed by atoms with E-state index in [-0.39, 0.29) is 42.7 Å². The Kier molecular flexibility index (Phi) is 5.35. The number of carbonyl (C=O) groups is 1. The third-order valence-corrected chi connectivity index (χ3v) is 8.23. The monoisotopic (exact) mass is 474 g/mol. The summed E-state index contributed by atoms with van der Waals surface area (Å²) in [5, 5.41) is 7.76. The first-order valence-electron chi connectivity index (χ1n) is 9.92. The molecule has 1 aliphatic rings. The van der Waals surface area contributed by atoms with E-state index in [1.807, 2.05) is 28.7 Å². The molecular weight excluding hydrogens is 455 g/mol. The first-order chi connectivity index (χ1) is 15.4. The predicted octanol–water partition coefficient (Wildman–Crippen LogP) is 1.97. The maximum atomic E-state index is 14.0. The molecule has 0 aliphatic carbocycles. The van der Waals surface area contributed by atoms with Crippen LogP contribution in [-0.4, -0.2) is 75.0 Å². The Hall–Kier alpha value is -2.96. The smallest absolute Gasteiger partial charge is 0.246 e. The molecule has 1 fully saturated rings. The van der Waals surface area contributed by atoms with E-state index in [9.17, 15) is 17.6 Å². The molecule has 1 saturated heterocycles. The van der Waals surface area contributed by atoms with E-state index in [2.05, 4.69) is 15.2 Å². The van der Waals surface area contributed by atoms with Crippen LogP contribution in [0.2, 0.25) is 0 Å². The molecule has 1 N–H and O–H groups in total. The van der Waals surface area contributed by atoms with E-state index in [1.165, 1.54) is 34.3 Å². The molecule has 0 saturated carbocycles. The van der Waals surface area contributed by atoms with E-state index in [1.54, 1.807) is 4.90 Å². The van der Waals surface area contributed by atoms with Crippen molar-refractivity contribution in [2.75, 3.05) is 31.9 Å². The number of halogens is 1. The molecule has 12 heteroatoms. The van der Waals surface area contributed by atoms with Gasteiger partial charge in [-0.2, -0.15) is 4.31 Å². The number of hydrogen-bond acceptors (Lipinski definition) is 6. The Bertz CT molecular complexity index is 1410. The van der Waals surface area contributed by atoms with Crippen molar-refractivity contribution in [3.8, 4) is 0 Å². The Labute approximate surface area is 187 Å². The van der Waals surface area contributed by atoms with Crippen molar-refractivity contribution >= 4 is 44.5 Å². The number of carbonyl (C=O) groups excluding carboxylic acids is 1. The van der Waals surface area contributed by atoms with Crippen LogP contribution in [0.5, 0.6) is 0 Å². The van der Waals surface area contributed by atoms with Gasteiger partial charge in [0, 0.05) is 26.2 Å². The molecular formula is C20H19FN6O3S2. The number of benzene rings is 2. The summed E-state index contributed by atoms with van der Waals surface area (Å²) in [6.45, 7) is 0.728. The van der Waals surface area contributed by atoms with E-state index in [0.717, 1.165) is 17.1 Å². The number of rotatable bonds is 5. The topological polar surface area (TPSA) is 104 Å². The SMILES string of the molecule is O=C(CSc1n[nH]c2nc3ccccc3n12)N1CCN(S(=O)(=O)c2ccccc2F)CC1. The number of imidazole rings is 1. The number of para-hydroxylation sites is 2. The van der Waals surface area contributed by atoms with Crippen LogP contribution in [0.3, 0.4) is 0 Å². The minimum absolute atomic E-state index is 0.112. The van der Waals surface area contributed by atoms with Gasteiger partial charge in [-0.05, 0) is 24.3 Å². The number of thioether (sulfide) groups is 1. The molecule has 2 aromatic carbocycles. The molecule has 32 heavy (non-hydrogen) atoms. The van der Waals surface area contributed by atoms with Gasteiger partial charge in [-0.25, -0.2) is 22.9 Å². The van der Waals surface area contributed by atoms with Gasteiger partial charge in [0.05, 0.1) is 16.8 Å². The zero-order valence-electron chi connectivity index (χ0n) is 16.8. The van der Waals surface area contributed by atoms with Gasteiger partial charge in [-0.3, -0.25) is 9.20 Å². The van der Waals surface area contributed by atoms with Crippen molar-refractivity contribution in [1.29, 1.82) is 0 Å². The lowest BCUT2D eigenvalue weighted by Gasteiger charge is -2.34. The minimum atomic E-state index is -3.94. The summed E-state index contributed by atoms with van der Waals surface area (Å²) in [6, 6.07) is 13.0. The quantitative estimate of drug-likeness (QED) is 0.444. The van der Waals surface area contributed by atoms with E-state index in [4.69, 9.17) is 0 Å². The average Bonchev–Trinajstić information content (AvgIpc) is 3.37. The van der Waals surface area contributed by atoms with E-state index >= 15 is 0 Å². The lowest BCUT2D eigenvalue weighted by atomic mass is 10.3. The highest BCUT2D eigenvalue weighted by Gasteiger charge is 2.31. The molecule has 0 unspecified atom stereocenters. The van der Waals surface area contributed by atoms with Gasteiger partial charge < -0.3 is 4.90 Å². The highest BCUT2D eigenvalue weighted by Crippen LogP contribution is 2.24. The van der Waals surface area contributed by atoms with Gasteiger partial charge in [0.2, 0.25) is 21.7 Å². The molecule has 1 aliphatic heterocycles. The number of fused-ring (bicyclic) bond motifs is 3. The fourth-order valence-electron chi connectivity index (χ4n) is 3.73. The van der Waals surface area contributed by atoms with Crippen molar-refractivity contribution in [3.05, 3.63) is 54.3 Å². The highest BCUT2D eigenvalue weighted by atomic mass is 32.2. The van der Waals surface area contributed by atoms with Gasteiger partial charge in [0.1, 0.15) is 10.7 Å². The van der Waals surface area contributed by atoms with Gasteiger partial charge in [0.25, 0.3) is 0 Å². The lowest BCUT2D eigenvalue weighted by Crippen LogP contribution is -2.51. The van der Waals surface area contributed by atoms with Crippen LogP contribution in [0.1, 0.15) is 0 Å². The lowest BCUT2D eigenvalue weighted by molar-refractivity contribution is -0.129. The first-order valence-corrected chi connectivity index (χ1v) is 12.3. The van der Waals surface area contributed by atoms with Crippen molar-refractivity contribution in [3.63, 3.8) is 0 Å². The van der Waals surface area contributed by atoms with Gasteiger partial charge >= 0.3 is 0 Å². The second-order valence-electron chi connectivity index (χ2n) is 7.27. The molecule has 0 spiro atoms. The Morgan fingerprint density at radius 3 is 2.56 bits per heavy atom. The van der Waals surface area contributed by atoms with Crippen LogP contribution >= 0.6 is 11.8 Å². The van der Waals surface area contributed by atoms with Crippen molar-refractivity contribution in [2.24, 2.45) is 0 Å². The summed E-state index contributed by atoms with van der Waals surface area (Å²) in [4.78, 5) is 18.5. The maximum absolute atomic E-state index is 14.0. The number of aromatic amines is 1. The summed E-state index contributed by atoms with van der Waals surface area (Å²) in [7, 11) is -3.94. The van der Waals surface area contributed by atoms with Crippen LogP contribution in [0, 0.1) is 5.82 Å². The fraction of sp³-hybridized carbons (Fsp3) is 0.250. The van der Waals surface area contributed by atoms with Crippen LogP contribution in [0.4, 0.5) is 4.39 Å². The second kappa shape index (κ2) is 8.19. The van der Waals surface area contributed by atoms with Crippen LogP contribution in [-0.2, 0) is 14.8 Å². The number of sulfonamides is 1. The molecule has 5 rings (SSSR count). The number of H-pyrrole nitrogens is 1. The molecule has 9 nitrogen and oxygen atoms in total. The second-order valence-corrected chi connectivity index (χ2v) is 10.1. The normalized spacial score (nSPS) is 15.6. The van der Waals surface area contributed by atoms with E-state index < -0.39 is 15.8 Å². The third kappa shape index (κ3) is 3.63. The Balaban J connectivity index is 1.23. The number of nitrogens with zero attached hydrogens (tertiary/aromatic N) is 5. The van der Waals surface area contributed by atoms with Crippen LogP contribution < -0.4 is 0 Å². The molecule has 3 heterocycles. The summed E-state index contributed by atoms with van der Waals surface area (Å²) < 4.78 is 42.5. The molecule has 0 radical (unpaired) electrons. The average molecular weight is 475 g/mol. The zero-order valence-corrected chi connectivity index (χ0v) is 18.4. The van der Waals surface area contributed by atoms with Crippen LogP contribution in [0.25, 0.3) is 16.8 Å². The van der Waals surface area contributed by atoms with Crippen molar-refractivity contribution in [1.82, 2.24) is 28.8 Å². The summed E-state index contributed by atoms with van der Waals surface area (Å²) >= 11 is 1.29. The number of aromatic nitrogens is 4. The number of amides is 1. The van der Waals surface area contributed by atoms with Crippen molar-refractivity contribution < 1.29 is 17.6 Å². The standard InChI is InChI=1S/C20H19FN6O3S2/c21-14-5-1-4-8-17(14)32(29,30)26-11-9-25(10-12-26)18(28)13-31-20-24-23-19-22-15-6-2-3-7-16(15)27(19)20/h1-8H,9-13H2,(H,22,23). The van der Waals surface area contributed by atoms with Crippen molar-refractivity contribution in [2.45, 2.75) is 10.1 Å². The molecule has 2 aromatic heterocycles. The molecule has 0 bridgehead atoms. The van der Waals surface area contributed by atoms with Gasteiger partial charge in [0.15, 0.2) is 5.16 Å². The molecule has 4 aromatic rings. The molecule has 1 amide bonds. The highest BCUT2D eigenvalue weighted by molar-refractivity contribution is 7.99. The van der Waals surface area contributed by atoms with Crippen LogP contribution in [0.15, 0.2) is 58.6 Å². The van der Waals surface area contributed by atoms with Gasteiger partial charge in [-0.15, -0.1) is 5.10 Å². The fourth-order valence-corrected chi connectivity index (χ4v) is 6.07. The largest absolute Gasteiger partial charge is 0.339 e. The minimum Gasteiger partial charge on any atom is -0.339 e. The number of nitrogens with one attached hydrogen (secondary N) is 1. The number of piperazine rings is 1. The van der Waals surface area contributed by atoms with E-state index in [0.29, 0.717) is 10.9 Å². The first kappa shape index (κ1) is 20.9. The molecule has 0 atom stereocenters. The maximum Gasteiger partial charge on any atom is 0.246 e. The number of hydrogen-bond donors (Lipinski definition) is 1.